The van der Waals surface area contributed by atoms with Crippen LogP contribution in [0.1, 0.15) is 18.7 Å². The number of H-pyrrole nitrogens is 1. The monoisotopic (exact) mass is 639 g/mol. The lowest BCUT2D eigenvalue weighted by Gasteiger charge is -2.30. The average molecular weight is 640 g/mol. The fourth-order valence-corrected chi connectivity index (χ4v) is 6.35. The number of esters is 1. The fraction of sp³-hybridized carbons (Fsp3) is 0.258. The highest BCUT2D eigenvalue weighted by Crippen LogP contribution is 2.49. The molecule has 2 heterocycles. The van der Waals surface area contributed by atoms with Crippen LogP contribution in [-0.2, 0) is 30.0 Å². The summed E-state index contributed by atoms with van der Waals surface area (Å²) < 4.78 is 53.6. The molecular weight excluding hydrogens is 608 g/mol. The largest absolute Gasteiger partial charge is 0.460 e. The molecule has 0 radical (unpaired) electrons. The molecule has 236 valence electrons. The van der Waals surface area contributed by atoms with Crippen LogP contribution in [-0.4, -0.2) is 51.2 Å². The second-order valence-electron chi connectivity index (χ2n) is 10.4. The van der Waals surface area contributed by atoms with Crippen molar-refractivity contribution < 1.29 is 37.4 Å². The quantitative estimate of drug-likeness (QED) is 0.118. The number of alkyl halides is 1. The van der Waals surface area contributed by atoms with Gasteiger partial charge in [0.2, 0.25) is 0 Å². The number of aliphatic hydroxyl groups is 1. The van der Waals surface area contributed by atoms with Crippen molar-refractivity contribution in [3.63, 3.8) is 0 Å². The second-order valence-corrected chi connectivity index (χ2v) is 12.1. The Labute approximate surface area is 256 Å². The summed E-state index contributed by atoms with van der Waals surface area (Å²) in [4.78, 5) is 38.8. The van der Waals surface area contributed by atoms with Crippen LogP contribution in [0.4, 0.5) is 4.39 Å². The summed E-state index contributed by atoms with van der Waals surface area (Å²) in [5, 5.41) is 14.6. The van der Waals surface area contributed by atoms with Gasteiger partial charge >= 0.3 is 19.4 Å². The second kappa shape index (κ2) is 13.3. The Morgan fingerprint density at radius 3 is 2.60 bits per heavy atom. The van der Waals surface area contributed by atoms with E-state index in [2.05, 4.69) is 11.7 Å². The molecule has 14 heteroatoms. The minimum Gasteiger partial charge on any atom is -0.460 e. The van der Waals surface area contributed by atoms with Crippen LogP contribution in [0.5, 0.6) is 5.75 Å². The number of hydrogen-bond acceptors (Lipinski definition) is 9. The van der Waals surface area contributed by atoms with Crippen LogP contribution in [0.2, 0.25) is 0 Å². The van der Waals surface area contributed by atoms with Gasteiger partial charge in [0, 0.05) is 17.6 Å². The molecule has 1 fully saturated rings. The van der Waals surface area contributed by atoms with Crippen molar-refractivity contribution in [1.82, 2.24) is 14.6 Å². The van der Waals surface area contributed by atoms with Gasteiger partial charge in [-0.15, -0.1) is 6.58 Å². The zero-order valence-corrected chi connectivity index (χ0v) is 25.0. The van der Waals surface area contributed by atoms with Gasteiger partial charge in [-0.3, -0.25) is 23.7 Å². The Morgan fingerprint density at radius 1 is 1.16 bits per heavy atom. The number of nitrogens with one attached hydrogen (secondary N) is 2. The van der Waals surface area contributed by atoms with Crippen molar-refractivity contribution in [3.05, 3.63) is 124 Å². The number of fused-ring (bicyclic) bond motifs is 1. The van der Waals surface area contributed by atoms with Gasteiger partial charge in [0.05, 0.1) is 6.61 Å². The summed E-state index contributed by atoms with van der Waals surface area (Å²) in [6.45, 7) is 4.13. The van der Waals surface area contributed by atoms with E-state index in [-0.39, 0.29) is 12.4 Å². The van der Waals surface area contributed by atoms with E-state index in [9.17, 15) is 24.1 Å². The van der Waals surface area contributed by atoms with Crippen molar-refractivity contribution in [3.8, 4) is 5.75 Å². The van der Waals surface area contributed by atoms with Gasteiger partial charge in [0.25, 0.3) is 5.56 Å². The Kier molecular flexibility index (Phi) is 9.47. The van der Waals surface area contributed by atoms with Crippen molar-refractivity contribution in [2.45, 2.75) is 43.7 Å². The van der Waals surface area contributed by atoms with E-state index in [1.807, 2.05) is 29.2 Å². The zero-order valence-electron chi connectivity index (χ0n) is 24.1. The van der Waals surface area contributed by atoms with E-state index < -0.39 is 61.7 Å². The number of hydrogen-bond donors (Lipinski definition) is 3. The molecule has 0 saturated carbocycles. The Balaban J connectivity index is 1.40. The van der Waals surface area contributed by atoms with Gasteiger partial charge in [-0.2, -0.15) is 5.09 Å². The predicted molar refractivity (Wildman–Crippen MR) is 162 cm³/mol. The molecule has 1 aromatic heterocycles. The Bertz CT molecular complexity index is 1840. The summed E-state index contributed by atoms with van der Waals surface area (Å²) in [6, 6.07) is 20.9. The first kappa shape index (κ1) is 32.0. The first-order valence-corrected chi connectivity index (χ1v) is 15.4. The number of halogens is 1. The molecule has 1 aliphatic heterocycles. The molecule has 1 unspecified atom stereocenters. The van der Waals surface area contributed by atoms with E-state index in [0.717, 1.165) is 33.9 Å². The molecule has 4 aromatic rings. The van der Waals surface area contributed by atoms with E-state index in [4.69, 9.17) is 18.5 Å². The zero-order chi connectivity index (χ0) is 32.2. The van der Waals surface area contributed by atoms with Gasteiger partial charge in [-0.1, -0.05) is 72.8 Å². The van der Waals surface area contributed by atoms with E-state index in [1.165, 1.54) is 6.92 Å². The topological polar surface area (TPSA) is 158 Å². The van der Waals surface area contributed by atoms with Crippen LogP contribution < -0.4 is 20.9 Å². The normalized spacial score (nSPS) is 23.2. The number of nitrogens with zero attached hydrogens (tertiary/aromatic N) is 1. The molecule has 3 N–H and O–H groups in total. The molecule has 0 bridgehead atoms. The van der Waals surface area contributed by atoms with Crippen LogP contribution in [0.15, 0.2) is 107 Å². The van der Waals surface area contributed by atoms with Crippen LogP contribution in [0.3, 0.4) is 0 Å². The molecule has 45 heavy (non-hydrogen) atoms. The van der Waals surface area contributed by atoms with E-state index >= 15 is 4.39 Å². The molecule has 12 nitrogen and oxygen atoms in total. The molecule has 0 aliphatic carbocycles. The molecule has 1 aliphatic rings. The van der Waals surface area contributed by atoms with E-state index in [0.29, 0.717) is 5.39 Å². The highest BCUT2D eigenvalue weighted by molar-refractivity contribution is 7.52. The van der Waals surface area contributed by atoms with Crippen molar-refractivity contribution in [1.29, 1.82) is 0 Å². The standard InChI is InChI=1S/C31H31FN3O9P/c1-3-31(27(32)26(37)28(43-31)35-17-16-25(36)33-30(35)39)19-42-45(40,44-24-15-9-13-22-12-7-8-14-23(22)24)34-20(2)29(38)41-18-21-10-5-4-6-11-21/h3-17,20,26-28,37H,1,18-19H2,2H3,(H,34,40)(H,33,36,39)/t20-,26+,27-,28+,31+,45?/m0/s1. The summed E-state index contributed by atoms with van der Waals surface area (Å²) in [7, 11) is -4.56. The number of aromatic amines is 1. The van der Waals surface area contributed by atoms with E-state index in [1.54, 1.807) is 48.5 Å². The van der Waals surface area contributed by atoms with Crippen LogP contribution in [0, 0.1) is 0 Å². The van der Waals surface area contributed by atoms with Gasteiger partial charge in [-0.05, 0) is 23.9 Å². The van der Waals surface area contributed by atoms with Gasteiger partial charge < -0.3 is 19.1 Å². The van der Waals surface area contributed by atoms with Gasteiger partial charge in [-0.25, -0.2) is 13.8 Å². The predicted octanol–water partition coefficient (Wildman–Crippen LogP) is 3.77. The average Bonchev–Trinajstić information content (AvgIpc) is 3.29. The summed E-state index contributed by atoms with van der Waals surface area (Å²) in [5.41, 5.74) is -3.04. The van der Waals surface area contributed by atoms with Gasteiger partial charge in [0.1, 0.15) is 30.1 Å². The first-order chi connectivity index (χ1) is 21.5. The third kappa shape index (κ3) is 6.98. The summed E-state index contributed by atoms with van der Waals surface area (Å²) in [6.07, 6.45) is -3.67. The van der Waals surface area contributed by atoms with Crippen molar-refractivity contribution in [2.24, 2.45) is 0 Å². The lowest BCUT2D eigenvalue weighted by atomic mass is 9.98. The molecule has 6 atom stereocenters. The minimum absolute atomic E-state index is 0.0403. The lowest BCUT2D eigenvalue weighted by molar-refractivity contribution is -0.146. The number of aromatic nitrogens is 2. The number of aliphatic hydroxyl groups excluding tert-OH is 1. The Morgan fingerprint density at radius 2 is 1.87 bits per heavy atom. The maximum absolute atomic E-state index is 15.7. The summed E-state index contributed by atoms with van der Waals surface area (Å²) in [5.74, 6) is -0.626. The SMILES string of the molecule is C=C[C@]1(COP(=O)(N[C@@H](C)C(=O)OCc2ccccc2)Oc2cccc3ccccc23)O[C@@H](n2ccc(=O)[nH]c2=O)[C@H](O)[C@@H]1F. The lowest BCUT2D eigenvalue weighted by Crippen LogP contribution is -2.43. The maximum Gasteiger partial charge on any atom is 0.459 e. The fourth-order valence-electron chi connectivity index (χ4n) is 4.80. The number of ether oxygens (including phenoxy) is 2. The molecule has 5 rings (SSSR count). The summed E-state index contributed by atoms with van der Waals surface area (Å²) >= 11 is 0. The number of carbonyl (C=O) groups excluding carboxylic acids is 1. The highest BCUT2D eigenvalue weighted by atomic mass is 31.2. The maximum atomic E-state index is 15.7. The van der Waals surface area contributed by atoms with Crippen LogP contribution >= 0.6 is 7.75 Å². The number of benzene rings is 3. The van der Waals surface area contributed by atoms with Crippen LogP contribution in [0.25, 0.3) is 10.8 Å². The number of carbonyl (C=O) groups is 1. The van der Waals surface area contributed by atoms with Crippen molar-refractivity contribution >= 4 is 24.5 Å². The highest BCUT2D eigenvalue weighted by Gasteiger charge is 2.56. The molecular formula is C31H31FN3O9P. The first-order valence-electron chi connectivity index (χ1n) is 13.9. The molecule has 0 spiro atoms. The van der Waals surface area contributed by atoms with Crippen molar-refractivity contribution in [2.75, 3.05) is 6.61 Å². The van der Waals surface area contributed by atoms with Gasteiger partial charge in [0.15, 0.2) is 12.4 Å². The molecule has 3 aromatic carbocycles. The smallest absolute Gasteiger partial charge is 0.459 e. The minimum atomic E-state index is -4.56. The number of rotatable bonds is 12. The third-order valence-corrected chi connectivity index (χ3v) is 8.84. The third-order valence-electron chi connectivity index (χ3n) is 7.23. The molecule has 1 saturated heterocycles. The Hall–Kier alpha value is -4.39. The molecule has 0 amide bonds.